The minimum atomic E-state index is -0.0346. The largest absolute Gasteiger partial charge is 0.338 e. The molecule has 0 unspecified atom stereocenters. The normalized spacial score (nSPS) is 23.3. The van der Waals surface area contributed by atoms with Crippen LogP contribution in [0.3, 0.4) is 0 Å². The van der Waals surface area contributed by atoms with E-state index in [4.69, 9.17) is 0 Å². The second kappa shape index (κ2) is 7.34. The van der Waals surface area contributed by atoms with Gasteiger partial charge in [-0.25, -0.2) is 0 Å². The molecule has 0 spiro atoms. The van der Waals surface area contributed by atoms with Gasteiger partial charge >= 0.3 is 0 Å². The molecule has 1 atom stereocenters. The van der Waals surface area contributed by atoms with Crippen molar-refractivity contribution in [3.8, 4) is 0 Å². The third-order valence-electron chi connectivity index (χ3n) is 5.35. The molecule has 0 radical (unpaired) electrons. The van der Waals surface area contributed by atoms with Crippen LogP contribution in [-0.2, 0) is 9.59 Å². The van der Waals surface area contributed by atoms with Gasteiger partial charge in [0.15, 0.2) is 0 Å². The summed E-state index contributed by atoms with van der Waals surface area (Å²) < 4.78 is 0. The first-order valence-electron chi connectivity index (χ1n) is 8.85. The molecule has 2 aliphatic heterocycles. The Morgan fingerprint density at radius 1 is 1.00 bits per heavy atom. The molecular formula is C19H27N3O2. The fourth-order valence-corrected chi connectivity index (χ4v) is 3.83. The van der Waals surface area contributed by atoms with Crippen LogP contribution in [0.5, 0.6) is 0 Å². The van der Waals surface area contributed by atoms with Crippen molar-refractivity contribution in [2.45, 2.75) is 25.8 Å². The van der Waals surface area contributed by atoms with Gasteiger partial charge in [-0.15, -0.1) is 0 Å². The molecule has 1 aromatic rings. The molecule has 0 bridgehead atoms. The Morgan fingerprint density at radius 2 is 1.67 bits per heavy atom. The summed E-state index contributed by atoms with van der Waals surface area (Å²) in [5.74, 6) is 0.490. The summed E-state index contributed by atoms with van der Waals surface area (Å²) in [7, 11) is 2.11. The molecule has 0 aromatic heterocycles. The van der Waals surface area contributed by atoms with Crippen LogP contribution in [-0.4, -0.2) is 66.3 Å². The van der Waals surface area contributed by atoms with Gasteiger partial charge in [0.2, 0.25) is 11.8 Å². The van der Waals surface area contributed by atoms with Crippen LogP contribution in [0.15, 0.2) is 30.3 Å². The number of nitrogens with zero attached hydrogens (tertiary/aromatic N) is 3. The lowest BCUT2D eigenvalue weighted by atomic mass is 9.94. The fraction of sp³-hybridized carbons (Fsp3) is 0.579. The molecule has 24 heavy (non-hydrogen) atoms. The van der Waals surface area contributed by atoms with Gasteiger partial charge in [0.05, 0.1) is 6.04 Å². The number of likely N-dealkylation sites (tertiary alicyclic amines) is 1. The van der Waals surface area contributed by atoms with Gasteiger partial charge in [-0.05, 0) is 38.5 Å². The van der Waals surface area contributed by atoms with Crippen molar-refractivity contribution in [1.82, 2.24) is 14.7 Å². The highest BCUT2D eigenvalue weighted by Gasteiger charge is 2.35. The number of hydrogen-bond acceptors (Lipinski definition) is 3. The van der Waals surface area contributed by atoms with Crippen LogP contribution in [0.4, 0.5) is 0 Å². The van der Waals surface area contributed by atoms with Gasteiger partial charge < -0.3 is 14.7 Å². The predicted octanol–water partition coefficient (Wildman–Crippen LogP) is 1.76. The number of hydrogen-bond donors (Lipinski definition) is 0. The van der Waals surface area contributed by atoms with Crippen LogP contribution in [0.1, 0.15) is 31.4 Å². The molecule has 2 amide bonds. The van der Waals surface area contributed by atoms with Gasteiger partial charge in [-0.2, -0.15) is 0 Å². The van der Waals surface area contributed by atoms with Crippen molar-refractivity contribution in [1.29, 1.82) is 0 Å². The summed E-state index contributed by atoms with van der Waals surface area (Å²) in [4.78, 5) is 31.1. The van der Waals surface area contributed by atoms with E-state index in [1.165, 1.54) is 0 Å². The second-order valence-corrected chi connectivity index (χ2v) is 7.00. The number of benzene rings is 1. The lowest BCUT2D eigenvalue weighted by Gasteiger charge is -2.43. The van der Waals surface area contributed by atoms with E-state index in [1.54, 1.807) is 6.92 Å². The van der Waals surface area contributed by atoms with Crippen molar-refractivity contribution < 1.29 is 9.59 Å². The molecule has 130 valence electrons. The molecule has 5 nitrogen and oxygen atoms in total. The van der Waals surface area contributed by atoms with Crippen molar-refractivity contribution >= 4 is 11.8 Å². The summed E-state index contributed by atoms with van der Waals surface area (Å²) in [5.41, 5.74) is 1.11. The first kappa shape index (κ1) is 17.0. The molecular weight excluding hydrogens is 302 g/mol. The van der Waals surface area contributed by atoms with Crippen molar-refractivity contribution in [3.63, 3.8) is 0 Å². The zero-order valence-corrected chi connectivity index (χ0v) is 14.6. The van der Waals surface area contributed by atoms with E-state index in [9.17, 15) is 9.59 Å². The minimum absolute atomic E-state index is 0.0346. The Hall–Kier alpha value is -1.88. The quantitative estimate of drug-likeness (QED) is 0.830. The minimum Gasteiger partial charge on any atom is -0.338 e. The van der Waals surface area contributed by atoms with Gasteiger partial charge in [-0.1, -0.05) is 30.3 Å². The van der Waals surface area contributed by atoms with Crippen molar-refractivity contribution in [2.24, 2.45) is 5.92 Å². The predicted molar refractivity (Wildman–Crippen MR) is 93.4 cm³/mol. The molecule has 3 rings (SSSR count). The Bertz CT molecular complexity index is 582. The molecule has 5 heteroatoms. The van der Waals surface area contributed by atoms with Gasteiger partial charge in [0.25, 0.3) is 0 Å². The highest BCUT2D eigenvalue weighted by Crippen LogP contribution is 2.28. The maximum atomic E-state index is 12.9. The second-order valence-electron chi connectivity index (χ2n) is 7.00. The Kier molecular flexibility index (Phi) is 5.19. The van der Waals surface area contributed by atoms with Gasteiger partial charge in [0.1, 0.15) is 0 Å². The summed E-state index contributed by atoms with van der Waals surface area (Å²) in [6.07, 6.45) is 1.89. The van der Waals surface area contributed by atoms with Gasteiger partial charge in [0, 0.05) is 32.5 Å². The number of carbonyl (C=O) groups excluding carboxylic acids is 2. The molecule has 2 fully saturated rings. The number of amides is 2. The van der Waals surface area contributed by atoms with Crippen LogP contribution < -0.4 is 0 Å². The molecule has 0 saturated carbocycles. The number of piperidine rings is 1. The van der Waals surface area contributed by atoms with E-state index < -0.39 is 0 Å². The van der Waals surface area contributed by atoms with E-state index in [1.807, 2.05) is 40.1 Å². The zero-order valence-electron chi connectivity index (χ0n) is 14.6. The Morgan fingerprint density at radius 3 is 2.29 bits per heavy atom. The monoisotopic (exact) mass is 329 g/mol. The molecule has 1 aromatic carbocycles. The molecule has 0 aliphatic carbocycles. The first-order valence-corrected chi connectivity index (χ1v) is 8.85. The molecule has 2 heterocycles. The van der Waals surface area contributed by atoms with Gasteiger partial charge in [-0.3, -0.25) is 9.59 Å². The van der Waals surface area contributed by atoms with Crippen molar-refractivity contribution in [3.05, 3.63) is 35.9 Å². The molecule has 2 saturated heterocycles. The smallest absolute Gasteiger partial charge is 0.225 e. The fourth-order valence-electron chi connectivity index (χ4n) is 3.83. The SMILES string of the molecule is CC(=O)N1CCN(C(=O)C2CCN(C)CC2)C[C@H]1c1ccccc1. The van der Waals surface area contributed by atoms with Crippen molar-refractivity contribution in [2.75, 3.05) is 39.8 Å². The molecule has 2 aliphatic rings. The lowest BCUT2D eigenvalue weighted by Crippen LogP contribution is -2.53. The average molecular weight is 329 g/mol. The molecule has 0 N–H and O–H groups in total. The standard InChI is InChI=1S/C19H27N3O2/c1-15(23)22-13-12-21(14-18(22)16-6-4-3-5-7-16)19(24)17-8-10-20(2)11-9-17/h3-7,17-18H,8-14H2,1-2H3/t18-/m0/s1. The van der Waals surface area contributed by atoms with Crippen LogP contribution >= 0.6 is 0 Å². The van der Waals surface area contributed by atoms with E-state index in [2.05, 4.69) is 11.9 Å². The van der Waals surface area contributed by atoms with Crippen LogP contribution in [0.25, 0.3) is 0 Å². The summed E-state index contributed by atoms with van der Waals surface area (Å²) in [6.45, 7) is 5.47. The number of carbonyl (C=O) groups is 2. The third-order valence-corrected chi connectivity index (χ3v) is 5.35. The van der Waals surface area contributed by atoms with Crippen LogP contribution in [0, 0.1) is 5.92 Å². The third kappa shape index (κ3) is 3.61. The first-order chi connectivity index (χ1) is 11.6. The summed E-state index contributed by atoms with van der Waals surface area (Å²) in [5, 5.41) is 0. The number of piperazine rings is 1. The van der Waals surface area contributed by atoms with Crippen LogP contribution in [0.2, 0.25) is 0 Å². The highest BCUT2D eigenvalue weighted by atomic mass is 16.2. The summed E-state index contributed by atoms with van der Waals surface area (Å²) in [6, 6.07) is 10.0. The summed E-state index contributed by atoms with van der Waals surface area (Å²) >= 11 is 0. The zero-order chi connectivity index (χ0) is 17.1. The Balaban J connectivity index is 1.73. The maximum absolute atomic E-state index is 12.9. The van der Waals surface area contributed by atoms with E-state index in [0.717, 1.165) is 31.5 Å². The number of rotatable bonds is 2. The average Bonchev–Trinajstić information content (AvgIpc) is 2.62. The van der Waals surface area contributed by atoms with E-state index >= 15 is 0 Å². The van der Waals surface area contributed by atoms with E-state index in [0.29, 0.717) is 19.6 Å². The van der Waals surface area contributed by atoms with E-state index in [-0.39, 0.29) is 23.8 Å². The maximum Gasteiger partial charge on any atom is 0.225 e. The lowest BCUT2D eigenvalue weighted by molar-refractivity contribution is -0.145. The Labute approximate surface area is 144 Å². The topological polar surface area (TPSA) is 43.9 Å². The highest BCUT2D eigenvalue weighted by molar-refractivity contribution is 5.80.